The monoisotopic (exact) mass is 321 g/mol. The molecule has 2 aromatic carbocycles. The van der Waals surface area contributed by atoms with Gasteiger partial charge in [0.15, 0.2) is 0 Å². The third-order valence-electron chi connectivity index (χ3n) is 3.66. The SMILES string of the molecule is CCCC(NC(C)c1ccc(Cl)cc1Cl)c1ccccc1. The summed E-state index contributed by atoms with van der Waals surface area (Å²) in [6.45, 7) is 4.35. The molecule has 1 N–H and O–H groups in total. The van der Waals surface area contributed by atoms with Crippen molar-refractivity contribution in [2.24, 2.45) is 0 Å². The molecule has 0 saturated heterocycles. The van der Waals surface area contributed by atoms with Crippen LogP contribution < -0.4 is 5.32 Å². The second-order valence-electron chi connectivity index (χ2n) is 5.31. The van der Waals surface area contributed by atoms with Crippen LogP contribution in [-0.4, -0.2) is 0 Å². The average molecular weight is 322 g/mol. The highest BCUT2D eigenvalue weighted by molar-refractivity contribution is 6.35. The second kappa shape index (κ2) is 7.84. The standard InChI is InChI=1S/C18H21Cl2N/c1-3-7-18(14-8-5-4-6-9-14)21-13(2)16-11-10-15(19)12-17(16)20/h4-6,8-13,18,21H,3,7H2,1-2H3. The zero-order valence-electron chi connectivity index (χ0n) is 12.4. The van der Waals surface area contributed by atoms with Crippen LogP contribution in [0.2, 0.25) is 10.0 Å². The highest BCUT2D eigenvalue weighted by Gasteiger charge is 2.16. The van der Waals surface area contributed by atoms with Gasteiger partial charge in [0.05, 0.1) is 0 Å². The first-order valence-electron chi connectivity index (χ1n) is 7.37. The molecule has 0 spiro atoms. The number of halogens is 2. The predicted octanol–water partition coefficient (Wildman–Crippen LogP) is 6.19. The summed E-state index contributed by atoms with van der Waals surface area (Å²) in [6, 6.07) is 16.7. The first-order chi connectivity index (χ1) is 10.1. The minimum absolute atomic E-state index is 0.173. The maximum absolute atomic E-state index is 6.31. The highest BCUT2D eigenvalue weighted by atomic mass is 35.5. The van der Waals surface area contributed by atoms with Crippen LogP contribution in [-0.2, 0) is 0 Å². The van der Waals surface area contributed by atoms with Crippen molar-refractivity contribution in [2.45, 2.75) is 38.8 Å². The van der Waals surface area contributed by atoms with Crippen LogP contribution in [0.1, 0.15) is 49.9 Å². The quantitative estimate of drug-likeness (QED) is 0.669. The Kier molecular flexibility index (Phi) is 6.10. The number of benzene rings is 2. The van der Waals surface area contributed by atoms with Gasteiger partial charge in [-0.25, -0.2) is 0 Å². The van der Waals surface area contributed by atoms with Crippen LogP contribution in [0.4, 0.5) is 0 Å². The molecular weight excluding hydrogens is 301 g/mol. The lowest BCUT2D eigenvalue weighted by Gasteiger charge is -2.24. The molecule has 2 atom stereocenters. The number of nitrogens with one attached hydrogen (secondary N) is 1. The fraction of sp³-hybridized carbons (Fsp3) is 0.333. The van der Waals surface area contributed by atoms with Gasteiger partial charge in [-0.05, 0) is 36.6 Å². The summed E-state index contributed by atoms with van der Waals surface area (Å²) in [5.74, 6) is 0. The van der Waals surface area contributed by atoms with Gasteiger partial charge in [-0.3, -0.25) is 0 Å². The van der Waals surface area contributed by atoms with E-state index < -0.39 is 0 Å². The van der Waals surface area contributed by atoms with Crippen LogP contribution in [0.25, 0.3) is 0 Å². The van der Waals surface area contributed by atoms with Gasteiger partial charge >= 0.3 is 0 Å². The molecule has 0 saturated carbocycles. The molecular formula is C18H21Cl2N. The van der Waals surface area contributed by atoms with Gasteiger partial charge in [0, 0.05) is 22.1 Å². The van der Waals surface area contributed by atoms with Gasteiger partial charge < -0.3 is 5.32 Å². The molecule has 2 aromatic rings. The third kappa shape index (κ3) is 4.47. The number of hydrogen-bond donors (Lipinski definition) is 1. The van der Waals surface area contributed by atoms with Crippen molar-refractivity contribution >= 4 is 23.2 Å². The zero-order valence-corrected chi connectivity index (χ0v) is 14.0. The maximum atomic E-state index is 6.31. The molecule has 112 valence electrons. The van der Waals surface area contributed by atoms with E-state index >= 15 is 0 Å². The van der Waals surface area contributed by atoms with Gasteiger partial charge in [-0.1, -0.05) is 72.9 Å². The lowest BCUT2D eigenvalue weighted by atomic mass is 9.99. The molecule has 2 unspecified atom stereocenters. The van der Waals surface area contributed by atoms with E-state index in [4.69, 9.17) is 23.2 Å². The Morgan fingerprint density at radius 2 is 1.76 bits per heavy atom. The van der Waals surface area contributed by atoms with Gasteiger partial charge in [0.25, 0.3) is 0 Å². The minimum atomic E-state index is 0.173. The fourth-order valence-electron chi connectivity index (χ4n) is 2.56. The summed E-state index contributed by atoms with van der Waals surface area (Å²) < 4.78 is 0. The van der Waals surface area contributed by atoms with E-state index in [1.54, 1.807) is 6.07 Å². The van der Waals surface area contributed by atoms with Crippen molar-refractivity contribution in [1.82, 2.24) is 5.32 Å². The first kappa shape index (κ1) is 16.4. The molecule has 21 heavy (non-hydrogen) atoms. The molecule has 0 aromatic heterocycles. The largest absolute Gasteiger partial charge is 0.303 e. The number of hydrogen-bond acceptors (Lipinski definition) is 1. The lowest BCUT2D eigenvalue weighted by Crippen LogP contribution is -2.24. The molecule has 0 amide bonds. The highest BCUT2D eigenvalue weighted by Crippen LogP contribution is 2.29. The van der Waals surface area contributed by atoms with E-state index in [0.717, 1.165) is 18.4 Å². The van der Waals surface area contributed by atoms with Crippen LogP contribution >= 0.6 is 23.2 Å². The lowest BCUT2D eigenvalue weighted by molar-refractivity contribution is 0.439. The normalized spacial score (nSPS) is 13.9. The molecule has 2 rings (SSSR count). The molecule has 0 fully saturated rings. The fourth-order valence-corrected chi connectivity index (χ4v) is 3.14. The molecule has 1 nitrogen and oxygen atoms in total. The van der Waals surface area contributed by atoms with E-state index in [2.05, 4.69) is 43.4 Å². The van der Waals surface area contributed by atoms with Crippen molar-refractivity contribution in [3.63, 3.8) is 0 Å². The van der Waals surface area contributed by atoms with E-state index in [9.17, 15) is 0 Å². The summed E-state index contributed by atoms with van der Waals surface area (Å²) in [7, 11) is 0. The first-order valence-corrected chi connectivity index (χ1v) is 8.13. The van der Waals surface area contributed by atoms with Crippen molar-refractivity contribution in [3.8, 4) is 0 Å². The Labute approximate surface area is 137 Å². The maximum Gasteiger partial charge on any atom is 0.0468 e. The third-order valence-corrected chi connectivity index (χ3v) is 4.22. The summed E-state index contributed by atoms with van der Waals surface area (Å²) in [5, 5.41) is 5.07. The van der Waals surface area contributed by atoms with E-state index in [1.165, 1.54) is 5.56 Å². The molecule has 0 aliphatic carbocycles. The van der Waals surface area contributed by atoms with E-state index in [0.29, 0.717) is 16.1 Å². The van der Waals surface area contributed by atoms with E-state index in [-0.39, 0.29) is 6.04 Å². The molecule has 0 radical (unpaired) electrons. The van der Waals surface area contributed by atoms with Crippen molar-refractivity contribution in [2.75, 3.05) is 0 Å². The van der Waals surface area contributed by atoms with Gasteiger partial charge in [-0.2, -0.15) is 0 Å². The summed E-state index contributed by atoms with van der Waals surface area (Å²) >= 11 is 12.3. The summed E-state index contributed by atoms with van der Waals surface area (Å²) in [5.41, 5.74) is 2.40. The van der Waals surface area contributed by atoms with Crippen molar-refractivity contribution in [1.29, 1.82) is 0 Å². The zero-order chi connectivity index (χ0) is 15.2. The second-order valence-corrected chi connectivity index (χ2v) is 6.15. The Hall–Kier alpha value is -1.02. The van der Waals surface area contributed by atoms with Crippen molar-refractivity contribution < 1.29 is 0 Å². The summed E-state index contributed by atoms with van der Waals surface area (Å²) in [4.78, 5) is 0. The average Bonchev–Trinajstić information content (AvgIpc) is 2.47. The van der Waals surface area contributed by atoms with Gasteiger partial charge in [-0.15, -0.1) is 0 Å². The summed E-state index contributed by atoms with van der Waals surface area (Å²) in [6.07, 6.45) is 2.23. The van der Waals surface area contributed by atoms with Gasteiger partial charge in [0.1, 0.15) is 0 Å². The van der Waals surface area contributed by atoms with E-state index in [1.807, 2.05) is 18.2 Å². The Bertz CT molecular complexity index is 569. The molecule has 3 heteroatoms. The van der Waals surface area contributed by atoms with Gasteiger partial charge in [0.2, 0.25) is 0 Å². The Morgan fingerprint density at radius 1 is 1.05 bits per heavy atom. The topological polar surface area (TPSA) is 12.0 Å². The van der Waals surface area contributed by atoms with Crippen LogP contribution in [0.3, 0.4) is 0 Å². The minimum Gasteiger partial charge on any atom is -0.303 e. The predicted molar refractivity (Wildman–Crippen MR) is 92.1 cm³/mol. The molecule has 0 heterocycles. The Morgan fingerprint density at radius 3 is 2.38 bits per heavy atom. The molecule has 0 aliphatic rings. The molecule has 0 aliphatic heterocycles. The smallest absolute Gasteiger partial charge is 0.0468 e. The Balaban J connectivity index is 2.16. The van der Waals surface area contributed by atoms with Crippen LogP contribution in [0, 0.1) is 0 Å². The van der Waals surface area contributed by atoms with Crippen LogP contribution in [0.15, 0.2) is 48.5 Å². The number of rotatable bonds is 6. The van der Waals surface area contributed by atoms with Crippen molar-refractivity contribution in [3.05, 3.63) is 69.7 Å². The van der Waals surface area contributed by atoms with Crippen LogP contribution in [0.5, 0.6) is 0 Å². The molecule has 0 bridgehead atoms.